The SMILES string of the molecule is COc1cc(C(=O)N2CCC[C@@H](N)C2)cc2nc(-c3cc4ccn(C)c(=O)c4n3CC3CC3)n(C)c12. The van der Waals surface area contributed by atoms with Crippen LogP contribution in [-0.4, -0.2) is 55.7 Å². The molecule has 2 aliphatic rings. The summed E-state index contributed by atoms with van der Waals surface area (Å²) >= 11 is 0. The molecule has 0 bridgehead atoms. The largest absolute Gasteiger partial charge is 0.494 e. The second kappa shape index (κ2) is 8.51. The Hall–Kier alpha value is -3.59. The third-order valence-electron chi connectivity index (χ3n) is 7.64. The molecule has 2 N–H and O–H groups in total. The number of amides is 1. The quantitative estimate of drug-likeness (QED) is 0.466. The fraction of sp³-hybridized carbons (Fsp3) is 0.444. The summed E-state index contributed by atoms with van der Waals surface area (Å²) in [6.07, 6.45) is 6.00. The summed E-state index contributed by atoms with van der Waals surface area (Å²) in [7, 11) is 5.35. The number of benzene rings is 1. The number of carbonyl (C=O) groups is 1. The lowest BCUT2D eigenvalue weighted by atomic mass is 10.0. The second-order valence-electron chi connectivity index (χ2n) is 10.3. The summed E-state index contributed by atoms with van der Waals surface area (Å²) in [5, 5.41) is 0.907. The highest BCUT2D eigenvalue weighted by Gasteiger charge is 2.28. The molecule has 9 nitrogen and oxygen atoms in total. The molecule has 1 aromatic carbocycles. The van der Waals surface area contributed by atoms with Crippen LogP contribution in [0.2, 0.25) is 0 Å². The molecule has 1 amide bonds. The van der Waals surface area contributed by atoms with Crippen molar-refractivity contribution in [2.45, 2.75) is 38.3 Å². The predicted octanol–water partition coefficient (Wildman–Crippen LogP) is 2.88. The summed E-state index contributed by atoms with van der Waals surface area (Å²) in [4.78, 5) is 33.2. The standard InChI is InChI=1S/C27H32N6O3/c1-30-10-8-17-12-21(33(14-16-6-7-16)23(17)27(30)35)25-29-20-11-18(13-22(36-3)24(20)31(25)2)26(34)32-9-4-5-19(28)15-32/h8,10-13,16,19H,4-7,9,14-15,28H2,1-3H3/t19-/m1/s1. The zero-order valence-corrected chi connectivity index (χ0v) is 21.0. The van der Waals surface area contributed by atoms with Crippen LogP contribution in [0.5, 0.6) is 5.75 Å². The topological polar surface area (TPSA) is 100 Å². The Labute approximate surface area is 209 Å². The molecule has 1 atom stereocenters. The van der Waals surface area contributed by atoms with Crippen molar-refractivity contribution >= 4 is 27.8 Å². The number of aryl methyl sites for hydroxylation is 2. The van der Waals surface area contributed by atoms with Crippen LogP contribution in [0.4, 0.5) is 0 Å². The van der Waals surface area contributed by atoms with Gasteiger partial charge < -0.3 is 29.1 Å². The van der Waals surface area contributed by atoms with Crippen LogP contribution in [0.25, 0.3) is 33.5 Å². The molecular weight excluding hydrogens is 456 g/mol. The van der Waals surface area contributed by atoms with Gasteiger partial charge in [-0.3, -0.25) is 9.59 Å². The van der Waals surface area contributed by atoms with Gasteiger partial charge in [0.2, 0.25) is 0 Å². The Kier molecular flexibility index (Phi) is 5.40. The first kappa shape index (κ1) is 22.8. The van der Waals surface area contributed by atoms with E-state index in [9.17, 15) is 9.59 Å². The summed E-state index contributed by atoms with van der Waals surface area (Å²) < 4.78 is 11.5. The molecule has 1 saturated carbocycles. The van der Waals surface area contributed by atoms with Gasteiger partial charge in [0.25, 0.3) is 11.5 Å². The monoisotopic (exact) mass is 488 g/mol. The number of nitrogens with zero attached hydrogens (tertiary/aromatic N) is 5. The summed E-state index contributed by atoms with van der Waals surface area (Å²) in [6, 6.07) is 7.68. The second-order valence-corrected chi connectivity index (χ2v) is 10.3. The van der Waals surface area contributed by atoms with Crippen molar-refractivity contribution in [3.8, 4) is 17.3 Å². The molecule has 0 unspecified atom stereocenters. The van der Waals surface area contributed by atoms with Gasteiger partial charge in [-0.25, -0.2) is 4.98 Å². The van der Waals surface area contributed by atoms with Crippen molar-refractivity contribution in [1.29, 1.82) is 0 Å². The van der Waals surface area contributed by atoms with Crippen molar-refractivity contribution in [1.82, 2.24) is 23.6 Å². The van der Waals surface area contributed by atoms with E-state index in [-0.39, 0.29) is 17.5 Å². The molecule has 4 aromatic rings. The van der Waals surface area contributed by atoms with E-state index in [2.05, 4.69) is 4.57 Å². The lowest BCUT2D eigenvalue weighted by molar-refractivity contribution is 0.0708. The van der Waals surface area contributed by atoms with E-state index in [1.807, 2.05) is 34.7 Å². The van der Waals surface area contributed by atoms with Crippen LogP contribution in [-0.2, 0) is 20.6 Å². The molecular formula is C27H32N6O3. The van der Waals surface area contributed by atoms with Crippen LogP contribution in [0.3, 0.4) is 0 Å². The molecule has 3 aromatic heterocycles. The number of pyridine rings is 1. The van der Waals surface area contributed by atoms with Gasteiger partial charge in [0, 0.05) is 56.9 Å². The maximum Gasteiger partial charge on any atom is 0.274 e. The fourth-order valence-corrected chi connectivity index (χ4v) is 5.49. The van der Waals surface area contributed by atoms with Crippen LogP contribution in [0, 0.1) is 5.92 Å². The number of hydrogen-bond donors (Lipinski definition) is 1. The molecule has 2 fully saturated rings. The van der Waals surface area contributed by atoms with E-state index < -0.39 is 0 Å². The molecule has 1 aliphatic carbocycles. The predicted molar refractivity (Wildman–Crippen MR) is 139 cm³/mol. The third-order valence-corrected chi connectivity index (χ3v) is 7.64. The van der Waals surface area contributed by atoms with Crippen LogP contribution in [0.15, 0.2) is 35.3 Å². The van der Waals surface area contributed by atoms with E-state index in [1.54, 1.807) is 31.0 Å². The fourth-order valence-electron chi connectivity index (χ4n) is 5.49. The summed E-state index contributed by atoms with van der Waals surface area (Å²) in [6.45, 7) is 2.05. The van der Waals surface area contributed by atoms with Gasteiger partial charge >= 0.3 is 0 Å². The van der Waals surface area contributed by atoms with Gasteiger partial charge in [0.1, 0.15) is 16.8 Å². The normalized spacial score (nSPS) is 18.3. The first-order valence-corrected chi connectivity index (χ1v) is 12.6. The van der Waals surface area contributed by atoms with E-state index in [4.69, 9.17) is 15.5 Å². The maximum atomic E-state index is 13.3. The molecule has 0 spiro atoms. The van der Waals surface area contributed by atoms with E-state index in [1.165, 1.54) is 12.8 Å². The van der Waals surface area contributed by atoms with Crippen LogP contribution in [0.1, 0.15) is 36.0 Å². The molecule has 0 radical (unpaired) electrons. The number of aromatic nitrogens is 4. The number of imidazole rings is 1. The number of fused-ring (bicyclic) bond motifs is 2. The van der Waals surface area contributed by atoms with Crippen molar-refractivity contribution in [3.05, 3.63) is 46.4 Å². The average Bonchev–Trinajstić information content (AvgIpc) is 3.53. The number of piperidine rings is 1. The summed E-state index contributed by atoms with van der Waals surface area (Å²) in [5.74, 6) is 1.86. The van der Waals surface area contributed by atoms with Gasteiger partial charge in [0.05, 0.1) is 18.3 Å². The number of rotatable bonds is 5. The van der Waals surface area contributed by atoms with E-state index >= 15 is 0 Å². The number of ether oxygens (including phenoxy) is 1. The highest BCUT2D eigenvalue weighted by atomic mass is 16.5. The molecule has 6 rings (SSSR count). The Morgan fingerprint density at radius 1 is 1.17 bits per heavy atom. The zero-order chi connectivity index (χ0) is 25.1. The average molecular weight is 489 g/mol. The first-order chi connectivity index (χ1) is 17.4. The Bertz CT molecular complexity index is 1560. The lowest BCUT2D eigenvalue weighted by Crippen LogP contribution is -2.45. The van der Waals surface area contributed by atoms with Crippen LogP contribution < -0.4 is 16.0 Å². The van der Waals surface area contributed by atoms with Gasteiger partial charge in [-0.15, -0.1) is 0 Å². The Morgan fingerprint density at radius 2 is 1.97 bits per heavy atom. The molecule has 4 heterocycles. The minimum Gasteiger partial charge on any atom is -0.494 e. The number of likely N-dealkylation sites (tertiary alicyclic amines) is 1. The number of methoxy groups -OCH3 is 1. The smallest absolute Gasteiger partial charge is 0.274 e. The molecule has 188 valence electrons. The van der Waals surface area contributed by atoms with Crippen molar-refractivity contribution in [2.75, 3.05) is 20.2 Å². The minimum absolute atomic E-state index is 0.0101. The zero-order valence-electron chi connectivity index (χ0n) is 21.0. The Balaban J connectivity index is 1.51. The third kappa shape index (κ3) is 3.69. The van der Waals surface area contributed by atoms with E-state index in [0.29, 0.717) is 41.4 Å². The molecule has 1 aliphatic heterocycles. The highest BCUT2D eigenvalue weighted by molar-refractivity contribution is 6.00. The first-order valence-electron chi connectivity index (χ1n) is 12.6. The Morgan fingerprint density at radius 3 is 2.69 bits per heavy atom. The summed E-state index contributed by atoms with van der Waals surface area (Å²) in [5.41, 5.74) is 9.76. The molecule has 36 heavy (non-hydrogen) atoms. The van der Waals surface area contributed by atoms with Crippen LogP contribution >= 0.6 is 0 Å². The molecule has 9 heteroatoms. The van der Waals surface area contributed by atoms with Crippen molar-refractivity contribution in [2.24, 2.45) is 25.7 Å². The van der Waals surface area contributed by atoms with Gasteiger partial charge in [-0.05, 0) is 55.9 Å². The highest BCUT2D eigenvalue weighted by Crippen LogP contribution is 2.37. The van der Waals surface area contributed by atoms with Crippen molar-refractivity contribution in [3.63, 3.8) is 0 Å². The number of hydrogen-bond acceptors (Lipinski definition) is 5. The number of nitrogens with two attached hydrogens (primary N) is 1. The maximum absolute atomic E-state index is 13.3. The minimum atomic E-state index is -0.0519. The van der Waals surface area contributed by atoms with Gasteiger partial charge in [-0.2, -0.15) is 0 Å². The lowest BCUT2D eigenvalue weighted by Gasteiger charge is -2.30. The molecule has 1 saturated heterocycles. The number of carbonyl (C=O) groups excluding carboxylic acids is 1. The van der Waals surface area contributed by atoms with Crippen molar-refractivity contribution < 1.29 is 9.53 Å². The van der Waals surface area contributed by atoms with E-state index in [0.717, 1.165) is 41.8 Å². The van der Waals surface area contributed by atoms with Gasteiger partial charge in [0.15, 0.2) is 5.82 Å². The van der Waals surface area contributed by atoms with Gasteiger partial charge in [-0.1, -0.05) is 0 Å².